The highest BCUT2D eigenvalue weighted by atomic mass is 15.2. The highest BCUT2D eigenvalue weighted by molar-refractivity contribution is 5.84. The molecular formula is C13H15N7. The highest BCUT2D eigenvalue weighted by Gasteiger charge is 2.13. The molecule has 102 valence electrons. The number of anilines is 2. The van der Waals surface area contributed by atoms with Gasteiger partial charge in [-0.05, 0) is 11.6 Å². The molecule has 0 radical (unpaired) electrons. The maximum absolute atomic E-state index is 4.50. The molecule has 2 N–H and O–H groups in total. The topological polar surface area (TPSA) is 82.6 Å². The van der Waals surface area contributed by atoms with Crippen LogP contribution in [0.2, 0.25) is 0 Å². The smallest absolute Gasteiger partial charge is 0.226 e. The lowest BCUT2D eigenvalue weighted by molar-refractivity contribution is 0.893. The molecule has 3 rings (SSSR count). The predicted octanol–water partition coefficient (Wildman–Crippen LogP) is 1.43. The maximum Gasteiger partial charge on any atom is 0.226 e. The summed E-state index contributed by atoms with van der Waals surface area (Å²) in [5, 5.41) is 2.95. The minimum Gasteiger partial charge on any atom is -0.357 e. The van der Waals surface area contributed by atoms with E-state index in [0.717, 1.165) is 16.9 Å². The van der Waals surface area contributed by atoms with E-state index in [1.807, 2.05) is 30.3 Å². The Morgan fingerprint density at radius 3 is 3.00 bits per heavy atom. The Hall–Kier alpha value is -2.70. The summed E-state index contributed by atoms with van der Waals surface area (Å²) in [7, 11) is 3.77. The Morgan fingerprint density at radius 2 is 2.25 bits per heavy atom. The van der Waals surface area contributed by atoms with Gasteiger partial charge in [0.05, 0.1) is 6.33 Å². The van der Waals surface area contributed by atoms with Gasteiger partial charge >= 0.3 is 0 Å². The van der Waals surface area contributed by atoms with Crippen LogP contribution in [0.15, 0.2) is 30.9 Å². The molecule has 0 aliphatic heterocycles. The summed E-state index contributed by atoms with van der Waals surface area (Å²) < 4.78 is 0. The third-order valence-electron chi connectivity index (χ3n) is 2.99. The lowest BCUT2D eigenvalue weighted by Crippen LogP contribution is -2.19. The zero-order chi connectivity index (χ0) is 13.9. The first-order valence-electron chi connectivity index (χ1n) is 6.27. The number of H-pyrrole nitrogens is 1. The van der Waals surface area contributed by atoms with Crippen molar-refractivity contribution < 1.29 is 0 Å². The standard InChI is InChI=1S/C13H15N7/c1-14-13-18-11-10(16-8-17-11)12(19-13)20(2)7-9-4-3-5-15-6-9/h3-6,8H,7H2,1-2H3,(H2,14,16,17,18,19). The van der Waals surface area contributed by atoms with E-state index in [-0.39, 0.29) is 0 Å². The quantitative estimate of drug-likeness (QED) is 0.745. The van der Waals surface area contributed by atoms with Crippen LogP contribution in [0.4, 0.5) is 11.8 Å². The van der Waals surface area contributed by atoms with Gasteiger partial charge < -0.3 is 15.2 Å². The molecule has 0 saturated carbocycles. The van der Waals surface area contributed by atoms with Crippen LogP contribution in [0, 0.1) is 0 Å². The van der Waals surface area contributed by atoms with E-state index in [4.69, 9.17) is 0 Å². The fraction of sp³-hybridized carbons (Fsp3) is 0.231. The largest absolute Gasteiger partial charge is 0.357 e. The zero-order valence-corrected chi connectivity index (χ0v) is 11.3. The van der Waals surface area contributed by atoms with Crippen molar-refractivity contribution in [1.29, 1.82) is 0 Å². The van der Waals surface area contributed by atoms with Gasteiger partial charge in [-0.15, -0.1) is 0 Å². The number of aromatic amines is 1. The number of hydrogen-bond donors (Lipinski definition) is 2. The maximum atomic E-state index is 4.50. The average molecular weight is 269 g/mol. The molecule has 0 unspecified atom stereocenters. The van der Waals surface area contributed by atoms with Gasteiger partial charge in [0.2, 0.25) is 5.95 Å². The van der Waals surface area contributed by atoms with E-state index in [1.165, 1.54) is 0 Å². The van der Waals surface area contributed by atoms with Gasteiger partial charge in [0.25, 0.3) is 0 Å². The SMILES string of the molecule is CNc1nc(N(C)Cc2cccnc2)c2[nH]cnc2n1. The van der Waals surface area contributed by atoms with E-state index in [2.05, 4.69) is 30.2 Å². The summed E-state index contributed by atoms with van der Waals surface area (Å²) in [6, 6.07) is 3.96. The molecule has 0 amide bonds. The van der Waals surface area contributed by atoms with Crippen molar-refractivity contribution >= 4 is 22.9 Å². The minimum atomic E-state index is 0.553. The molecule has 0 aliphatic rings. The van der Waals surface area contributed by atoms with Crippen LogP contribution >= 0.6 is 0 Å². The summed E-state index contributed by atoms with van der Waals surface area (Å²) in [4.78, 5) is 22.2. The van der Waals surface area contributed by atoms with Gasteiger partial charge in [0, 0.05) is 33.0 Å². The fourth-order valence-corrected chi connectivity index (χ4v) is 2.05. The molecule has 7 heteroatoms. The molecule has 0 spiro atoms. The van der Waals surface area contributed by atoms with Crippen LogP contribution in [0.1, 0.15) is 5.56 Å². The molecule has 0 saturated heterocycles. The molecule has 3 aromatic rings. The number of nitrogens with zero attached hydrogens (tertiary/aromatic N) is 5. The van der Waals surface area contributed by atoms with Gasteiger partial charge in [-0.1, -0.05) is 6.07 Å². The number of pyridine rings is 1. The summed E-state index contributed by atoms with van der Waals surface area (Å²) in [5.74, 6) is 1.36. The lowest BCUT2D eigenvalue weighted by Gasteiger charge is -2.19. The Bertz CT molecular complexity index is 707. The van der Waals surface area contributed by atoms with Gasteiger partial charge in [0.1, 0.15) is 5.52 Å². The molecule has 0 fully saturated rings. The number of hydrogen-bond acceptors (Lipinski definition) is 6. The van der Waals surface area contributed by atoms with Crippen LogP contribution in [0.3, 0.4) is 0 Å². The molecule has 0 bridgehead atoms. The average Bonchev–Trinajstić information content (AvgIpc) is 2.95. The summed E-state index contributed by atoms with van der Waals surface area (Å²) in [6.07, 6.45) is 5.24. The normalized spacial score (nSPS) is 10.7. The number of rotatable bonds is 4. The third kappa shape index (κ3) is 2.25. The summed E-state index contributed by atoms with van der Waals surface area (Å²) in [5.41, 5.74) is 2.60. The molecule has 0 aromatic carbocycles. The van der Waals surface area contributed by atoms with Gasteiger partial charge in [-0.25, -0.2) is 4.98 Å². The zero-order valence-electron chi connectivity index (χ0n) is 11.3. The monoisotopic (exact) mass is 269 g/mol. The van der Waals surface area contributed by atoms with Gasteiger partial charge in [0.15, 0.2) is 11.5 Å². The predicted molar refractivity (Wildman–Crippen MR) is 77.6 cm³/mol. The first-order valence-corrected chi connectivity index (χ1v) is 6.27. The summed E-state index contributed by atoms with van der Waals surface area (Å²) in [6.45, 7) is 0.710. The second-order valence-electron chi connectivity index (χ2n) is 4.44. The number of fused-ring (bicyclic) bond motifs is 1. The Labute approximate surface area is 116 Å². The second kappa shape index (κ2) is 5.12. The first kappa shape index (κ1) is 12.3. The van der Waals surface area contributed by atoms with E-state index < -0.39 is 0 Å². The van der Waals surface area contributed by atoms with Crippen LogP contribution in [0.5, 0.6) is 0 Å². The van der Waals surface area contributed by atoms with E-state index in [9.17, 15) is 0 Å². The van der Waals surface area contributed by atoms with Gasteiger partial charge in [-0.3, -0.25) is 4.98 Å². The Balaban J connectivity index is 1.98. The summed E-state index contributed by atoms with van der Waals surface area (Å²) >= 11 is 0. The van der Waals surface area contributed by atoms with Crippen LogP contribution in [0.25, 0.3) is 11.2 Å². The van der Waals surface area contributed by atoms with Crippen molar-refractivity contribution in [3.8, 4) is 0 Å². The Morgan fingerprint density at radius 1 is 1.35 bits per heavy atom. The van der Waals surface area contributed by atoms with E-state index >= 15 is 0 Å². The molecule has 3 heterocycles. The van der Waals surface area contributed by atoms with Crippen molar-refractivity contribution in [3.05, 3.63) is 36.4 Å². The number of aromatic nitrogens is 5. The molecule has 3 aromatic heterocycles. The molecular weight excluding hydrogens is 254 g/mol. The molecule has 0 atom stereocenters. The van der Waals surface area contributed by atoms with E-state index in [1.54, 1.807) is 19.6 Å². The lowest BCUT2D eigenvalue weighted by atomic mass is 10.2. The molecule has 7 nitrogen and oxygen atoms in total. The fourth-order valence-electron chi connectivity index (χ4n) is 2.05. The van der Waals surface area contributed by atoms with Crippen LogP contribution < -0.4 is 10.2 Å². The third-order valence-corrected chi connectivity index (χ3v) is 2.99. The first-order chi connectivity index (χ1) is 9.78. The van der Waals surface area contributed by atoms with Crippen molar-refractivity contribution in [2.24, 2.45) is 0 Å². The van der Waals surface area contributed by atoms with Crippen molar-refractivity contribution in [2.45, 2.75) is 6.54 Å². The molecule has 0 aliphatic carbocycles. The van der Waals surface area contributed by atoms with Gasteiger partial charge in [-0.2, -0.15) is 9.97 Å². The van der Waals surface area contributed by atoms with Crippen LogP contribution in [-0.2, 0) is 6.54 Å². The Kier molecular flexibility index (Phi) is 3.16. The molecule has 20 heavy (non-hydrogen) atoms. The number of imidazole rings is 1. The second-order valence-corrected chi connectivity index (χ2v) is 4.44. The van der Waals surface area contributed by atoms with Crippen molar-refractivity contribution in [3.63, 3.8) is 0 Å². The van der Waals surface area contributed by atoms with Crippen molar-refractivity contribution in [2.75, 3.05) is 24.3 Å². The van der Waals surface area contributed by atoms with Crippen LogP contribution in [-0.4, -0.2) is 39.0 Å². The van der Waals surface area contributed by atoms with Crippen molar-refractivity contribution in [1.82, 2.24) is 24.9 Å². The highest BCUT2D eigenvalue weighted by Crippen LogP contribution is 2.22. The van der Waals surface area contributed by atoms with E-state index in [0.29, 0.717) is 18.1 Å². The number of nitrogens with one attached hydrogen (secondary N) is 2. The minimum absolute atomic E-state index is 0.553.